The van der Waals surface area contributed by atoms with Gasteiger partial charge in [0.05, 0.1) is 9.47 Å². The van der Waals surface area contributed by atoms with E-state index in [4.69, 9.17) is 0 Å². The Morgan fingerprint density at radius 2 is 1.64 bits per heavy atom. The summed E-state index contributed by atoms with van der Waals surface area (Å²) < 4.78 is 29.5. The first-order chi connectivity index (χ1) is 13.4. The lowest BCUT2D eigenvalue weighted by Gasteiger charge is -2.34. The summed E-state index contributed by atoms with van der Waals surface area (Å²) in [6.07, 6.45) is 0. The number of nitrogens with zero attached hydrogens (tertiary/aromatic N) is 4. The Morgan fingerprint density at radius 1 is 0.929 bits per heavy atom. The number of halogens is 1. The summed E-state index contributed by atoms with van der Waals surface area (Å²) in [6, 6.07) is 15.8. The van der Waals surface area contributed by atoms with Crippen molar-refractivity contribution in [3.8, 4) is 5.69 Å². The zero-order valence-electron chi connectivity index (χ0n) is 14.7. The van der Waals surface area contributed by atoms with E-state index in [1.54, 1.807) is 18.2 Å². The molecule has 10 heteroatoms. The summed E-state index contributed by atoms with van der Waals surface area (Å²) >= 11 is 4.52. The van der Waals surface area contributed by atoms with Gasteiger partial charge in [-0.2, -0.15) is 8.99 Å². The summed E-state index contributed by atoms with van der Waals surface area (Å²) in [4.78, 5) is 14.2. The van der Waals surface area contributed by atoms with Crippen LogP contribution in [0, 0.1) is 0 Å². The Hall–Kier alpha value is -2.01. The molecule has 0 radical (unpaired) electrons. The van der Waals surface area contributed by atoms with Gasteiger partial charge < -0.3 is 4.90 Å². The van der Waals surface area contributed by atoms with Gasteiger partial charge in [0.25, 0.3) is 15.6 Å². The number of aromatic nitrogens is 2. The number of hydrogen-bond donors (Lipinski definition) is 0. The van der Waals surface area contributed by atoms with E-state index < -0.39 is 10.0 Å². The molecule has 1 aromatic carbocycles. The number of sulfonamides is 1. The highest BCUT2D eigenvalue weighted by atomic mass is 79.9. The zero-order valence-corrected chi connectivity index (χ0v) is 18.0. The van der Waals surface area contributed by atoms with E-state index in [9.17, 15) is 13.2 Å². The first-order valence-electron chi connectivity index (χ1n) is 8.61. The van der Waals surface area contributed by atoms with Crippen LogP contribution in [0.1, 0.15) is 0 Å². The van der Waals surface area contributed by atoms with Crippen LogP contribution in [0.3, 0.4) is 0 Å². The molecule has 0 atom stereocenters. The van der Waals surface area contributed by atoms with Gasteiger partial charge in [-0.25, -0.2) is 8.42 Å². The molecule has 7 nitrogen and oxygen atoms in total. The molecule has 3 heterocycles. The smallest absolute Gasteiger partial charge is 0.271 e. The average Bonchev–Trinajstić information content (AvgIpc) is 3.16. The van der Waals surface area contributed by atoms with E-state index in [0.29, 0.717) is 41.9 Å². The first kappa shape index (κ1) is 19.3. The maximum Gasteiger partial charge on any atom is 0.271 e. The lowest BCUT2D eigenvalue weighted by molar-refractivity contribution is 0.384. The zero-order chi connectivity index (χ0) is 19.7. The van der Waals surface area contributed by atoms with E-state index in [2.05, 4.69) is 21.0 Å². The van der Waals surface area contributed by atoms with Crippen LogP contribution in [0.15, 0.2) is 67.4 Å². The molecule has 1 fully saturated rings. The van der Waals surface area contributed by atoms with Crippen molar-refractivity contribution in [3.63, 3.8) is 0 Å². The predicted molar refractivity (Wildman–Crippen MR) is 113 cm³/mol. The maximum atomic E-state index is 12.8. The third-order valence-corrected chi connectivity index (χ3v) is 8.48. The van der Waals surface area contributed by atoms with Crippen molar-refractivity contribution in [2.75, 3.05) is 31.1 Å². The number of anilines is 1. The molecular weight excluding hydrogens is 464 g/mol. The Bertz CT molecular complexity index is 1140. The minimum atomic E-state index is -3.49. The second-order valence-electron chi connectivity index (χ2n) is 6.23. The van der Waals surface area contributed by atoms with Crippen molar-refractivity contribution in [3.05, 3.63) is 68.7 Å². The highest BCUT2D eigenvalue weighted by molar-refractivity contribution is 9.11. The van der Waals surface area contributed by atoms with Crippen LogP contribution in [0.2, 0.25) is 0 Å². The fraction of sp³-hybridized carbons (Fsp3) is 0.222. The number of rotatable bonds is 4. The topological polar surface area (TPSA) is 75.5 Å². The third-order valence-electron chi connectivity index (χ3n) is 4.49. The molecule has 0 amide bonds. The highest BCUT2D eigenvalue weighted by Crippen LogP contribution is 2.29. The Kier molecular flexibility index (Phi) is 5.37. The molecule has 146 valence electrons. The molecular formula is C18H17BrN4O3S2. The molecule has 1 aliphatic heterocycles. The SMILES string of the molecule is O=c1ccc(N2CCN(S(=O)(=O)c3ccc(Br)s3)CC2)nn1-c1ccccc1. The molecule has 28 heavy (non-hydrogen) atoms. The molecule has 0 aliphatic carbocycles. The largest absolute Gasteiger partial charge is 0.353 e. The van der Waals surface area contributed by atoms with Gasteiger partial charge in [0.1, 0.15) is 10.0 Å². The minimum Gasteiger partial charge on any atom is -0.353 e. The number of para-hydroxylation sites is 1. The van der Waals surface area contributed by atoms with Crippen molar-refractivity contribution in [2.45, 2.75) is 4.21 Å². The van der Waals surface area contributed by atoms with Crippen LogP contribution < -0.4 is 10.5 Å². The molecule has 0 unspecified atom stereocenters. The highest BCUT2D eigenvalue weighted by Gasteiger charge is 2.30. The summed E-state index contributed by atoms with van der Waals surface area (Å²) in [5.74, 6) is 0.652. The van der Waals surface area contributed by atoms with Gasteiger partial charge in [-0.05, 0) is 46.3 Å². The quantitative estimate of drug-likeness (QED) is 0.573. The fourth-order valence-electron chi connectivity index (χ4n) is 3.05. The van der Waals surface area contributed by atoms with E-state index in [-0.39, 0.29) is 5.56 Å². The monoisotopic (exact) mass is 480 g/mol. The van der Waals surface area contributed by atoms with Gasteiger partial charge in [-0.15, -0.1) is 16.4 Å². The van der Waals surface area contributed by atoms with Crippen molar-refractivity contribution in [1.29, 1.82) is 0 Å². The lowest BCUT2D eigenvalue weighted by Crippen LogP contribution is -2.49. The Balaban J connectivity index is 1.52. The Labute approximate surface area is 175 Å². The molecule has 2 aromatic heterocycles. The molecule has 0 spiro atoms. The van der Waals surface area contributed by atoms with Crippen LogP contribution in [-0.4, -0.2) is 48.7 Å². The van der Waals surface area contributed by atoms with Crippen LogP contribution in [-0.2, 0) is 10.0 Å². The molecule has 1 aliphatic rings. The van der Waals surface area contributed by atoms with Crippen LogP contribution in [0.4, 0.5) is 5.82 Å². The predicted octanol–water partition coefficient (Wildman–Crippen LogP) is 2.57. The van der Waals surface area contributed by atoms with Gasteiger partial charge in [0, 0.05) is 32.2 Å². The first-order valence-corrected chi connectivity index (χ1v) is 11.7. The Morgan fingerprint density at radius 3 is 2.29 bits per heavy atom. The molecule has 0 saturated carbocycles. The van der Waals surface area contributed by atoms with E-state index >= 15 is 0 Å². The van der Waals surface area contributed by atoms with E-state index in [1.165, 1.54) is 26.4 Å². The molecule has 0 bridgehead atoms. The minimum absolute atomic E-state index is 0.209. The van der Waals surface area contributed by atoms with E-state index in [0.717, 1.165) is 3.79 Å². The second-order valence-corrected chi connectivity index (χ2v) is 10.9. The number of benzene rings is 1. The van der Waals surface area contributed by atoms with Gasteiger partial charge in [-0.1, -0.05) is 18.2 Å². The summed E-state index contributed by atoms with van der Waals surface area (Å²) in [6.45, 7) is 1.74. The van der Waals surface area contributed by atoms with Crippen LogP contribution >= 0.6 is 27.3 Å². The number of piperazine rings is 1. The molecule has 1 saturated heterocycles. The summed E-state index contributed by atoms with van der Waals surface area (Å²) in [5.41, 5.74) is 0.485. The average molecular weight is 481 g/mol. The van der Waals surface area contributed by atoms with E-state index in [1.807, 2.05) is 35.2 Å². The number of hydrogen-bond acceptors (Lipinski definition) is 6. The lowest BCUT2D eigenvalue weighted by atomic mass is 10.3. The van der Waals surface area contributed by atoms with Gasteiger partial charge in [-0.3, -0.25) is 4.79 Å². The normalized spacial score (nSPS) is 15.7. The molecule has 0 N–H and O–H groups in total. The third kappa shape index (κ3) is 3.77. The standard InChI is InChI=1S/C18H17BrN4O3S2/c19-15-6-9-18(27-15)28(25,26)22-12-10-21(11-13-22)16-7-8-17(24)23(20-16)14-4-2-1-3-5-14/h1-9H,10-13H2. The van der Waals surface area contributed by atoms with Crippen LogP contribution in [0.25, 0.3) is 5.69 Å². The van der Waals surface area contributed by atoms with Crippen molar-refractivity contribution in [1.82, 2.24) is 14.1 Å². The second kappa shape index (κ2) is 7.78. The molecule has 3 aromatic rings. The summed E-state index contributed by atoms with van der Waals surface area (Å²) in [7, 11) is -3.49. The molecule has 4 rings (SSSR count). The number of thiophene rings is 1. The van der Waals surface area contributed by atoms with Gasteiger partial charge in [0.15, 0.2) is 0 Å². The fourth-order valence-corrected chi connectivity index (χ4v) is 6.63. The summed E-state index contributed by atoms with van der Waals surface area (Å²) in [5, 5.41) is 4.47. The van der Waals surface area contributed by atoms with Gasteiger partial charge >= 0.3 is 0 Å². The maximum absolute atomic E-state index is 12.8. The van der Waals surface area contributed by atoms with Gasteiger partial charge in [0.2, 0.25) is 0 Å². The van der Waals surface area contributed by atoms with Crippen molar-refractivity contribution in [2.24, 2.45) is 0 Å². The van der Waals surface area contributed by atoms with Crippen molar-refractivity contribution < 1.29 is 8.42 Å². The van der Waals surface area contributed by atoms with Crippen molar-refractivity contribution >= 4 is 43.1 Å². The van der Waals surface area contributed by atoms with Crippen LogP contribution in [0.5, 0.6) is 0 Å².